The average molecular weight is 612 g/mol. The smallest absolute Gasteiger partial charge is 0.422 e. The lowest BCUT2D eigenvalue weighted by atomic mass is 10.1. The molecule has 0 aliphatic heterocycles. The third-order valence-corrected chi connectivity index (χ3v) is 7.95. The number of halogens is 4. The molecule has 0 bridgehead atoms. The van der Waals surface area contributed by atoms with E-state index < -0.39 is 39.8 Å². The lowest BCUT2D eigenvalue weighted by molar-refractivity contribution is -0.154. The molecule has 1 aromatic carbocycles. The van der Waals surface area contributed by atoms with Gasteiger partial charge in [-0.05, 0) is 25.1 Å². The van der Waals surface area contributed by atoms with Gasteiger partial charge >= 0.3 is 6.18 Å². The molecule has 2 atom stereocenters. The molecule has 0 aliphatic rings. The summed E-state index contributed by atoms with van der Waals surface area (Å²) < 4.78 is 98.0. The van der Waals surface area contributed by atoms with Gasteiger partial charge in [0.25, 0.3) is 0 Å². The predicted molar refractivity (Wildman–Crippen MR) is 142 cm³/mol. The number of methoxy groups -OCH3 is 2. The van der Waals surface area contributed by atoms with Gasteiger partial charge in [-0.1, -0.05) is 19.1 Å². The number of hydrogen-bond acceptors (Lipinski definition) is 10. The zero-order valence-corrected chi connectivity index (χ0v) is 23.4. The lowest BCUT2D eigenvalue weighted by Gasteiger charge is -2.21. The first-order chi connectivity index (χ1) is 19.8. The Kier molecular flexibility index (Phi) is 8.79. The largest absolute Gasteiger partial charge is 0.494 e. The number of pyridine rings is 1. The molecular weight excluding hydrogens is 586 g/mol. The molecule has 3 aromatic heterocycles. The van der Waals surface area contributed by atoms with Gasteiger partial charge in [0.15, 0.2) is 18.2 Å². The number of benzene rings is 1. The number of hydrogen-bond donors (Lipinski definition) is 1. The van der Waals surface area contributed by atoms with Crippen LogP contribution in [0.4, 0.5) is 23.5 Å². The Bertz CT molecular complexity index is 1630. The number of rotatable bonds is 11. The fraction of sp³-hybridized carbons (Fsp3) is 0.320. The number of nitrogens with zero attached hydrogens (tertiary/aromatic N) is 6. The van der Waals surface area contributed by atoms with E-state index in [0.717, 1.165) is 12.4 Å². The maximum absolute atomic E-state index is 13.5. The molecule has 17 heteroatoms. The van der Waals surface area contributed by atoms with Crippen LogP contribution in [0.15, 0.2) is 48.8 Å². The van der Waals surface area contributed by atoms with Crippen molar-refractivity contribution in [1.82, 2.24) is 29.7 Å². The first-order valence-electron chi connectivity index (χ1n) is 12.2. The van der Waals surface area contributed by atoms with E-state index in [0.29, 0.717) is 0 Å². The summed E-state index contributed by atoms with van der Waals surface area (Å²) in [5, 5.41) is 6.96. The van der Waals surface area contributed by atoms with Crippen molar-refractivity contribution >= 4 is 16.0 Å². The maximum atomic E-state index is 13.5. The van der Waals surface area contributed by atoms with E-state index in [1.807, 2.05) is 0 Å². The van der Waals surface area contributed by atoms with E-state index in [2.05, 4.69) is 29.9 Å². The SMILES string of the molecule is COc1cccc(OC)c1-n1c(NS(=O)(=O)C(C)C(C)c2ncc(F)cn2)nnc1-c1cccc(OCC(F)(F)F)n1. The molecule has 0 aliphatic carbocycles. The Labute approximate surface area is 237 Å². The Morgan fingerprint density at radius 2 is 1.60 bits per heavy atom. The fourth-order valence-electron chi connectivity index (χ4n) is 3.81. The molecule has 4 aromatic rings. The lowest BCUT2D eigenvalue weighted by Crippen LogP contribution is -2.31. The summed E-state index contributed by atoms with van der Waals surface area (Å²) in [6.07, 6.45) is -2.73. The van der Waals surface area contributed by atoms with Crippen LogP contribution in [0, 0.1) is 5.82 Å². The van der Waals surface area contributed by atoms with E-state index >= 15 is 0 Å². The second kappa shape index (κ2) is 12.1. The van der Waals surface area contributed by atoms with Crippen molar-refractivity contribution in [3.8, 4) is 34.6 Å². The standard InChI is InChI=1S/C25H25F4N7O5S/c1-14(22-30-11-16(26)12-31-22)15(2)42(37,38)35-24-34-33-23(17-7-5-10-20(32-17)41-13-25(27,28)29)36(24)21-18(39-3)8-6-9-19(21)40-4/h5-12,14-15H,13H2,1-4H3,(H,34,35). The molecule has 0 fully saturated rings. The summed E-state index contributed by atoms with van der Waals surface area (Å²) in [6.45, 7) is 1.40. The number of aromatic nitrogens is 6. The molecule has 4 rings (SSSR count). The Morgan fingerprint density at radius 1 is 0.976 bits per heavy atom. The molecule has 0 radical (unpaired) electrons. The average Bonchev–Trinajstić information content (AvgIpc) is 3.37. The number of anilines is 1. The van der Waals surface area contributed by atoms with Crippen LogP contribution in [0.1, 0.15) is 25.6 Å². The van der Waals surface area contributed by atoms with Gasteiger partial charge in [0.1, 0.15) is 28.7 Å². The minimum absolute atomic E-state index is 0.00158. The Morgan fingerprint density at radius 3 is 2.19 bits per heavy atom. The van der Waals surface area contributed by atoms with E-state index in [-0.39, 0.29) is 46.4 Å². The van der Waals surface area contributed by atoms with E-state index in [4.69, 9.17) is 14.2 Å². The highest BCUT2D eigenvalue weighted by Gasteiger charge is 2.33. The first kappa shape index (κ1) is 30.4. The monoisotopic (exact) mass is 611 g/mol. The highest BCUT2D eigenvalue weighted by atomic mass is 32.2. The highest BCUT2D eigenvalue weighted by molar-refractivity contribution is 7.93. The minimum Gasteiger partial charge on any atom is -0.494 e. The highest BCUT2D eigenvalue weighted by Crippen LogP contribution is 2.38. The van der Waals surface area contributed by atoms with Crippen LogP contribution in [0.5, 0.6) is 17.4 Å². The van der Waals surface area contributed by atoms with Crippen LogP contribution in [0.25, 0.3) is 17.2 Å². The van der Waals surface area contributed by atoms with Gasteiger partial charge < -0.3 is 14.2 Å². The molecule has 0 saturated carbocycles. The number of sulfonamides is 1. The molecule has 1 N–H and O–H groups in total. The van der Waals surface area contributed by atoms with Crippen molar-refractivity contribution in [3.05, 3.63) is 60.4 Å². The van der Waals surface area contributed by atoms with Crippen LogP contribution in [-0.2, 0) is 10.0 Å². The van der Waals surface area contributed by atoms with Crippen molar-refractivity contribution in [2.75, 3.05) is 25.5 Å². The summed E-state index contributed by atoms with van der Waals surface area (Å²) in [5.41, 5.74) is 0.174. The second-order valence-corrected chi connectivity index (χ2v) is 10.9. The van der Waals surface area contributed by atoms with Crippen LogP contribution in [0.2, 0.25) is 0 Å². The number of para-hydroxylation sites is 1. The molecule has 0 saturated heterocycles. The molecule has 2 unspecified atom stereocenters. The molecule has 12 nitrogen and oxygen atoms in total. The van der Waals surface area contributed by atoms with Gasteiger partial charge in [0, 0.05) is 12.0 Å². The quantitative estimate of drug-likeness (QED) is 0.246. The predicted octanol–water partition coefficient (Wildman–Crippen LogP) is 4.15. The van der Waals surface area contributed by atoms with Gasteiger partial charge in [-0.3, -0.25) is 9.29 Å². The third kappa shape index (κ3) is 6.67. The second-order valence-electron chi connectivity index (χ2n) is 8.86. The van der Waals surface area contributed by atoms with Gasteiger partial charge in [-0.2, -0.15) is 13.2 Å². The summed E-state index contributed by atoms with van der Waals surface area (Å²) in [6, 6.07) is 8.83. The van der Waals surface area contributed by atoms with Gasteiger partial charge in [0.05, 0.1) is 31.9 Å². The van der Waals surface area contributed by atoms with Gasteiger partial charge in [0.2, 0.25) is 21.9 Å². The summed E-state index contributed by atoms with van der Waals surface area (Å²) >= 11 is 0. The Hall–Kier alpha value is -4.54. The zero-order chi connectivity index (χ0) is 30.7. The van der Waals surface area contributed by atoms with E-state index in [1.165, 1.54) is 43.9 Å². The third-order valence-electron chi connectivity index (χ3n) is 6.10. The van der Waals surface area contributed by atoms with Gasteiger partial charge in [-0.15, -0.1) is 10.2 Å². The number of ether oxygens (including phenoxy) is 3. The summed E-state index contributed by atoms with van der Waals surface area (Å²) in [4.78, 5) is 11.9. The van der Waals surface area contributed by atoms with Crippen LogP contribution in [-0.4, -0.2) is 70.4 Å². The minimum atomic E-state index is -4.60. The van der Waals surface area contributed by atoms with Crippen molar-refractivity contribution in [2.45, 2.75) is 31.2 Å². The van der Waals surface area contributed by atoms with Crippen LogP contribution in [0.3, 0.4) is 0 Å². The van der Waals surface area contributed by atoms with E-state index in [1.54, 1.807) is 25.1 Å². The molecule has 224 valence electrons. The normalized spacial score (nSPS) is 13.3. The molecule has 0 spiro atoms. The van der Waals surface area contributed by atoms with Crippen LogP contribution >= 0.6 is 0 Å². The molecule has 0 amide bonds. The number of alkyl halides is 3. The summed E-state index contributed by atoms with van der Waals surface area (Å²) in [7, 11) is -1.49. The molecule has 42 heavy (non-hydrogen) atoms. The first-order valence-corrected chi connectivity index (χ1v) is 13.7. The fourth-order valence-corrected chi connectivity index (χ4v) is 5.04. The van der Waals surface area contributed by atoms with Crippen LogP contribution < -0.4 is 18.9 Å². The molecule has 3 heterocycles. The maximum Gasteiger partial charge on any atom is 0.422 e. The molecular formula is C25H25F4N7O5S. The Balaban J connectivity index is 1.81. The van der Waals surface area contributed by atoms with Crippen molar-refractivity contribution in [1.29, 1.82) is 0 Å². The zero-order valence-electron chi connectivity index (χ0n) is 22.6. The van der Waals surface area contributed by atoms with Crippen molar-refractivity contribution in [2.24, 2.45) is 0 Å². The topological polar surface area (TPSA) is 143 Å². The van der Waals surface area contributed by atoms with Crippen molar-refractivity contribution < 1.29 is 40.2 Å². The number of nitrogens with one attached hydrogen (secondary N) is 1. The van der Waals surface area contributed by atoms with Crippen molar-refractivity contribution in [3.63, 3.8) is 0 Å². The van der Waals surface area contributed by atoms with Gasteiger partial charge in [-0.25, -0.2) is 27.8 Å². The van der Waals surface area contributed by atoms with E-state index in [9.17, 15) is 26.0 Å². The summed E-state index contributed by atoms with van der Waals surface area (Å²) in [5.74, 6) is -1.64.